The zero-order valence-electron chi connectivity index (χ0n) is 8.66. The van der Waals surface area contributed by atoms with Crippen molar-refractivity contribution in [2.24, 2.45) is 0 Å². The Morgan fingerprint density at radius 1 is 1.71 bits per heavy atom. The van der Waals surface area contributed by atoms with Crippen molar-refractivity contribution in [3.8, 4) is 0 Å². The predicted octanol–water partition coefficient (Wildman–Crippen LogP) is -1.45. The van der Waals surface area contributed by atoms with Gasteiger partial charge in [0, 0.05) is 20.1 Å². The maximum Gasteiger partial charge on any atom is 0.239 e. The van der Waals surface area contributed by atoms with Crippen LogP contribution in [0.5, 0.6) is 0 Å². The van der Waals surface area contributed by atoms with Gasteiger partial charge in [0.2, 0.25) is 5.91 Å². The molecule has 1 rings (SSSR count). The van der Waals surface area contributed by atoms with Gasteiger partial charge < -0.3 is 20.4 Å². The third-order valence-corrected chi connectivity index (χ3v) is 2.50. The quantitative estimate of drug-likeness (QED) is 0.521. The molecule has 0 saturated carbocycles. The number of likely N-dealkylation sites (tertiary alicyclic amines) is 1. The summed E-state index contributed by atoms with van der Waals surface area (Å²) in [6, 6.07) is -0.210. The molecule has 1 amide bonds. The first-order valence-electron chi connectivity index (χ1n) is 4.78. The van der Waals surface area contributed by atoms with Crippen LogP contribution in [0.4, 0.5) is 0 Å². The summed E-state index contributed by atoms with van der Waals surface area (Å²) in [5.41, 5.74) is -1.15. The SMILES string of the molecule is CN1CCC(NCC(C)(O)CO)C1=O. The molecular weight excluding hydrogens is 184 g/mol. The van der Waals surface area contributed by atoms with Crippen molar-refractivity contribution in [3.05, 3.63) is 0 Å². The van der Waals surface area contributed by atoms with Gasteiger partial charge in [-0.15, -0.1) is 0 Å². The number of nitrogens with zero attached hydrogens (tertiary/aromatic N) is 1. The molecule has 1 saturated heterocycles. The van der Waals surface area contributed by atoms with E-state index in [4.69, 9.17) is 5.11 Å². The minimum atomic E-state index is -1.15. The zero-order valence-corrected chi connectivity index (χ0v) is 8.66. The predicted molar refractivity (Wildman–Crippen MR) is 51.8 cm³/mol. The summed E-state index contributed by atoms with van der Waals surface area (Å²) < 4.78 is 0. The Morgan fingerprint density at radius 3 is 2.79 bits per heavy atom. The topological polar surface area (TPSA) is 72.8 Å². The van der Waals surface area contributed by atoms with Gasteiger partial charge in [0.1, 0.15) is 0 Å². The number of aliphatic hydroxyl groups excluding tert-OH is 1. The van der Waals surface area contributed by atoms with Gasteiger partial charge in [-0.2, -0.15) is 0 Å². The van der Waals surface area contributed by atoms with Crippen molar-refractivity contribution in [3.63, 3.8) is 0 Å². The fraction of sp³-hybridized carbons (Fsp3) is 0.889. The number of hydrogen-bond acceptors (Lipinski definition) is 4. The first-order valence-corrected chi connectivity index (χ1v) is 4.78. The van der Waals surface area contributed by atoms with Crippen molar-refractivity contribution in [1.29, 1.82) is 0 Å². The number of rotatable bonds is 4. The second-order valence-electron chi connectivity index (χ2n) is 4.14. The van der Waals surface area contributed by atoms with Crippen molar-refractivity contribution >= 4 is 5.91 Å². The van der Waals surface area contributed by atoms with Crippen LogP contribution in [0.15, 0.2) is 0 Å². The molecule has 0 bridgehead atoms. The van der Waals surface area contributed by atoms with Crippen LogP contribution in [0.2, 0.25) is 0 Å². The Balaban J connectivity index is 2.36. The Morgan fingerprint density at radius 2 is 2.36 bits per heavy atom. The molecule has 1 aliphatic heterocycles. The van der Waals surface area contributed by atoms with Crippen LogP contribution in [-0.2, 0) is 4.79 Å². The molecule has 2 atom stereocenters. The molecule has 5 nitrogen and oxygen atoms in total. The minimum absolute atomic E-state index is 0.0544. The number of likely N-dealkylation sites (N-methyl/N-ethyl adjacent to an activating group) is 1. The van der Waals surface area contributed by atoms with Gasteiger partial charge in [-0.3, -0.25) is 4.79 Å². The van der Waals surface area contributed by atoms with Crippen molar-refractivity contribution < 1.29 is 15.0 Å². The molecule has 1 aliphatic rings. The van der Waals surface area contributed by atoms with E-state index < -0.39 is 5.60 Å². The smallest absolute Gasteiger partial charge is 0.239 e. The summed E-state index contributed by atoms with van der Waals surface area (Å²) in [5, 5.41) is 21.3. The second-order valence-corrected chi connectivity index (χ2v) is 4.14. The summed E-state index contributed by atoms with van der Waals surface area (Å²) in [4.78, 5) is 13.1. The third-order valence-electron chi connectivity index (χ3n) is 2.50. The molecule has 1 fully saturated rings. The Kier molecular flexibility index (Phi) is 3.47. The van der Waals surface area contributed by atoms with Crippen LogP contribution in [0.1, 0.15) is 13.3 Å². The van der Waals surface area contributed by atoms with E-state index in [1.54, 1.807) is 11.9 Å². The largest absolute Gasteiger partial charge is 0.393 e. The van der Waals surface area contributed by atoms with E-state index >= 15 is 0 Å². The number of nitrogens with one attached hydrogen (secondary N) is 1. The van der Waals surface area contributed by atoms with E-state index in [2.05, 4.69) is 5.32 Å². The Hall–Kier alpha value is -0.650. The molecule has 0 aromatic carbocycles. The second kappa shape index (κ2) is 4.25. The third kappa shape index (κ3) is 2.67. The van der Waals surface area contributed by atoms with E-state index in [1.807, 2.05) is 0 Å². The maximum atomic E-state index is 11.4. The van der Waals surface area contributed by atoms with Crippen LogP contribution in [-0.4, -0.2) is 59.4 Å². The van der Waals surface area contributed by atoms with Gasteiger partial charge in [-0.05, 0) is 13.3 Å². The molecule has 1 heterocycles. The Bertz CT molecular complexity index is 218. The molecule has 0 spiro atoms. The lowest BCUT2D eigenvalue weighted by atomic mass is 10.1. The van der Waals surface area contributed by atoms with Crippen LogP contribution < -0.4 is 5.32 Å². The minimum Gasteiger partial charge on any atom is -0.393 e. The molecular formula is C9H18N2O3. The summed E-state index contributed by atoms with van der Waals surface area (Å²) in [5.74, 6) is 0.0544. The summed E-state index contributed by atoms with van der Waals surface area (Å²) in [6.45, 7) is 2.20. The molecule has 0 radical (unpaired) electrons. The van der Waals surface area contributed by atoms with E-state index in [-0.39, 0.29) is 25.1 Å². The number of hydrogen-bond donors (Lipinski definition) is 3. The van der Waals surface area contributed by atoms with E-state index in [1.165, 1.54) is 6.92 Å². The highest BCUT2D eigenvalue weighted by atomic mass is 16.3. The van der Waals surface area contributed by atoms with E-state index in [0.29, 0.717) is 0 Å². The van der Waals surface area contributed by atoms with Gasteiger partial charge >= 0.3 is 0 Å². The summed E-state index contributed by atoms with van der Waals surface area (Å²) >= 11 is 0. The monoisotopic (exact) mass is 202 g/mol. The van der Waals surface area contributed by atoms with Gasteiger partial charge in [0.15, 0.2) is 0 Å². The van der Waals surface area contributed by atoms with Gasteiger partial charge in [-0.1, -0.05) is 0 Å². The number of aliphatic hydroxyl groups is 2. The fourth-order valence-corrected chi connectivity index (χ4v) is 1.41. The number of carbonyl (C=O) groups excluding carboxylic acids is 1. The standard InChI is InChI=1S/C9H18N2O3/c1-9(14,6-12)5-10-7-3-4-11(2)8(7)13/h7,10,12,14H,3-6H2,1-2H3. The van der Waals surface area contributed by atoms with Crippen LogP contribution in [0.3, 0.4) is 0 Å². The lowest BCUT2D eigenvalue weighted by Gasteiger charge is -2.22. The molecule has 3 N–H and O–H groups in total. The lowest BCUT2D eigenvalue weighted by molar-refractivity contribution is -0.128. The highest BCUT2D eigenvalue weighted by Gasteiger charge is 2.30. The highest BCUT2D eigenvalue weighted by molar-refractivity contribution is 5.83. The number of amides is 1. The first kappa shape index (κ1) is 11.4. The molecule has 14 heavy (non-hydrogen) atoms. The number of carbonyl (C=O) groups is 1. The molecule has 82 valence electrons. The summed E-state index contributed by atoms with van der Waals surface area (Å²) in [6.07, 6.45) is 0.761. The fourth-order valence-electron chi connectivity index (χ4n) is 1.41. The van der Waals surface area contributed by atoms with Gasteiger partial charge in [-0.25, -0.2) is 0 Å². The molecule has 2 unspecified atom stereocenters. The van der Waals surface area contributed by atoms with E-state index in [0.717, 1.165) is 13.0 Å². The van der Waals surface area contributed by atoms with Crippen molar-refractivity contribution in [1.82, 2.24) is 10.2 Å². The molecule has 0 aromatic rings. The zero-order chi connectivity index (χ0) is 10.8. The average Bonchev–Trinajstić information content (AvgIpc) is 2.45. The van der Waals surface area contributed by atoms with Gasteiger partial charge in [0.25, 0.3) is 0 Å². The van der Waals surface area contributed by atoms with Crippen LogP contribution in [0, 0.1) is 0 Å². The Labute approximate surface area is 83.7 Å². The average molecular weight is 202 g/mol. The summed E-state index contributed by atoms with van der Waals surface area (Å²) in [7, 11) is 1.76. The maximum absolute atomic E-state index is 11.4. The van der Waals surface area contributed by atoms with Crippen LogP contribution in [0.25, 0.3) is 0 Å². The lowest BCUT2D eigenvalue weighted by Crippen LogP contribution is -2.47. The van der Waals surface area contributed by atoms with Crippen LogP contribution >= 0.6 is 0 Å². The molecule has 0 aromatic heterocycles. The first-order chi connectivity index (χ1) is 6.46. The molecule has 0 aliphatic carbocycles. The van der Waals surface area contributed by atoms with Crippen molar-refractivity contribution in [2.45, 2.75) is 25.0 Å². The highest BCUT2D eigenvalue weighted by Crippen LogP contribution is 2.09. The molecule has 5 heteroatoms. The van der Waals surface area contributed by atoms with E-state index in [9.17, 15) is 9.90 Å². The normalized spacial score (nSPS) is 26.7. The van der Waals surface area contributed by atoms with Crippen molar-refractivity contribution in [2.75, 3.05) is 26.7 Å². The van der Waals surface area contributed by atoms with Gasteiger partial charge in [0.05, 0.1) is 18.2 Å².